The fourth-order valence-corrected chi connectivity index (χ4v) is 1.09. The van der Waals surface area contributed by atoms with Gasteiger partial charge in [0.15, 0.2) is 0 Å². The average molecular weight is 184 g/mol. The van der Waals surface area contributed by atoms with Gasteiger partial charge < -0.3 is 10.2 Å². The third kappa shape index (κ3) is 5.42. The lowest BCUT2D eigenvalue weighted by molar-refractivity contribution is -0.130. The maximum atomic E-state index is 11.5. The Labute approximate surface area is 80.8 Å². The molecule has 0 bridgehead atoms. The van der Waals surface area contributed by atoms with Gasteiger partial charge in [-0.05, 0) is 20.9 Å². The van der Waals surface area contributed by atoms with Gasteiger partial charge in [0.05, 0.1) is 0 Å². The summed E-state index contributed by atoms with van der Waals surface area (Å²) in [5.74, 6) is 0.194. The van der Waals surface area contributed by atoms with E-state index in [4.69, 9.17) is 0 Å². The summed E-state index contributed by atoms with van der Waals surface area (Å²) in [6, 6.07) is 0. The van der Waals surface area contributed by atoms with Crippen LogP contribution in [0, 0.1) is 0 Å². The monoisotopic (exact) mass is 184 g/mol. The van der Waals surface area contributed by atoms with Gasteiger partial charge in [0.2, 0.25) is 5.91 Å². The first-order valence-electron chi connectivity index (χ1n) is 4.68. The van der Waals surface area contributed by atoms with Gasteiger partial charge >= 0.3 is 0 Å². The van der Waals surface area contributed by atoms with Crippen LogP contribution in [0.3, 0.4) is 0 Å². The molecule has 0 rings (SSSR count). The summed E-state index contributed by atoms with van der Waals surface area (Å²) in [7, 11) is 1.85. The van der Waals surface area contributed by atoms with Crippen molar-refractivity contribution < 1.29 is 4.79 Å². The van der Waals surface area contributed by atoms with Gasteiger partial charge in [-0.3, -0.25) is 4.79 Å². The molecule has 0 aromatic carbocycles. The Balaban J connectivity index is 3.92. The standard InChI is InChI=1S/C10H20N2O/c1-5-12(8-9(2)3)10(13)6-7-11-4/h11H,2,5-8H2,1,3-4H3. The van der Waals surface area contributed by atoms with Crippen LogP contribution in [0.4, 0.5) is 0 Å². The largest absolute Gasteiger partial charge is 0.339 e. The summed E-state index contributed by atoms with van der Waals surface area (Å²) < 4.78 is 0. The van der Waals surface area contributed by atoms with E-state index in [1.54, 1.807) is 0 Å². The molecule has 0 heterocycles. The van der Waals surface area contributed by atoms with Crippen LogP contribution in [0.2, 0.25) is 0 Å². The topological polar surface area (TPSA) is 32.3 Å². The number of amides is 1. The van der Waals surface area contributed by atoms with E-state index in [1.165, 1.54) is 0 Å². The van der Waals surface area contributed by atoms with Crippen molar-refractivity contribution in [3.8, 4) is 0 Å². The number of nitrogens with one attached hydrogen (secondary N) is 1. The summed E-state index contributed by atoms with van der Waals surface area (Å²) in [4.78, 5) is 13.3. The minimum atomic E-state index is 0.194. The molecule has 3 heteroatoms. The second-order valence-electron chi connectivity index (χ2n) is 3.22. The van der Waals surface area contributed by atoms with Crippen LogP contribution >= 0.6 is 0 Å². The van der Waals surface area contributed by atoms with Crippen molar-refractivity contribution in [2.75, 3.05) is 26.7 Å². The summed E-state index contributed by atoms with van der Waals surface area (Å²) in [6.45, 7) is 9.90. The highest BCUT2D eigenvalue weighted by atomic mass is 16.2. The third-order valence-electron chi connectivity index (χ3n) is 1.78. The quantitative estimate of drug-likeness (QED) is 0.625. The Morgan fingerprint density at radius 1 is 1.54 bits per heavy atom. The fraction of sp³-hybridized carbons (Fsp3) is 0.700. The number of nitrogens with zero attached hydrogens (tertiary/aromatic N) is 1. The Bertz CT molecular complexity index is 178. The van der Waals surface area contributed by atoms with Gasteiger partial charge in [-0.1, -0.05) is 12.2 Å². The molecule has 0 aliphatic carbocycles. The predicted octanol–water partition coefficient (Wildman–Crippen LogP) is 1.02. The van der Waals surface area contributed by atoms with Gasteiger partial charge in [0.25, 0.3) is 0 Å². The van der Waals surface area contributed by atoms with Crippen molar-refractivity contribution in [2.24, 2.45) is 0 Å². The molecule has 3 nitrogen and oxygen atoms in total. The minimum absolute atomic E-state index is 0.194. The molecule has 0 aliphatic heterocycles. The van der Waals surface area contributed by atoms with Gasteiger partial charge in [-0.25, -0.2) is 0 Å². The van der Waals surface area contributed by atoms with Crippen LogP contribution in [0.25, 0.3) is 0 Å². The van der Waals surface area contributed by atoms with E-state index in [0.29, 0.717) is 13.0 Å². The maximum Gasteiger partial charge on any atom is 0.224 e. The lowest BCUT2D eigenvalue weighted by Gasteiger charge is -2.20. The molecule has 76 valence electrons. The molecule has 0 spiro atoms. The first kappa shape index (κ1) is 12.2. The highest BCUT2D eigenvalue weighted by Gasteiger charge is 2.09. The number of hydrogen-bond donors (Lipinski definition) is 1. The van der Waals surface area contributed by atoms with Crippen molar-refractivity contribution in [1.29, 1.82) is 0 Å². The van der Waals surface area contributed by atoms with E-state index in [1.807, 2.05) is 25.8 Å². The first-order chi connectivity index (χ1) is 6.11. The molecular weight excluding hydrogens is 164 g/mol. The molecule has 0 aliphatic rings. The molecule has 0 unspecified atom stereocenters. The molecule has 0 radical (unpaired) electrons. The summed E-state index contributed by atoms with van der Waals surface area (Å²) in [5, 5.41) is 2.96. The van der Waals surface area contributed by atoms with Crippen LogP contribution in [-0.4, -0.2) is 37.5 Å². The van der Waals surface area contributed by atoms with Crippen LogP contribution in [0.1, 0.15) is 20.3 Å². The highest BCUT2D eigenvalue weighted by Crippen LogP contribution is 1.98. The molecule has 0 saturated heterocycles. The van der Waals surface area contributed by atoms with E-state index in [-0.39, 0.29) is 5.91 Å². The number of hydrogen-bond acceptors (Lipinski definition) is 2. The number of carbonyl (C=O) groups excluding carboxylic acids is 1. The Morgan fingerprint density at radius 3 is 2.54 bits per heavy atom. The zero-order chi connectivity index (χ0) is 10.3. The Kier molecular flexibility index (Phi) is 6.24. The van der Waals surface area contributed by atoms with Crippen molar-refractivity contribution in [3.05, 3.63) is 12.2 Å². The van der Waals surface area contributed by atoms with Crippen LogP contribution in [-0.2, 0) is 4.79 Å². The molecule has 0 saturated carbocycles. The Hall–Kier alpha value is -0.830. The molecule has 0 aromatic rings. The molecular formula is C10H20N2O. The van der Waals surface area contributed by atoms with Crippen LogP contribution in [0.15, 0.2) is 12.2 Å². The second-order valence-corrected chi connectivity index (χ2v) is 3.22. The van der Waals surface area contributed by atoms with Crippen LogP contribution in [0.5, 0.6) is 0 Å². The Morgan fingerprint density at radius 2 is 2.15 bits per heavy atom. The van der Waals surface area contributed by atoms with Crippen molar-refractivity contribution in [3.63, 3.8) is 0 Å². The summed E-state index contributed by atoms with van der Waals surface area (Å²) in [5.41, 5.74) is 1.03. The average Bonchev–Trinajstić information content (AvgIpc) is 2.09. The third-order valence-corrected chi connectivity index (χ3v) is 1.78. The lowest BCUT2D eigenvalue weighted by atomic mass is 10.3. The van der Waals surface area contributed by atoms with Gasteiger partial charge in [-0.15, -0.1) is 0 Å². The summed E-state index contributed by atoms with van der Waals surface area (Å²) >= 11 is 0. The minimum Gasteiger partial charge on any atom is -0.339 e. The molecule has 0 fully saturated rings. The zero-order valence-electron chi connectivity index (χ0n) is 8.89. The number of rotatable bonds is 6. The molecule has 1 N–H and O–H groups in total. The second kappa shape index (κ2) is 6.66. The van der Waals surface area contributed by atoms with Gasteiger partial charge in [-0.2, -0.15) is 0 Å². The van der Waals surface area contributed by atoms with Crippen molar-refractivity contribution >= 4 is 5.91 Å². The summed E-state index contributed by atoms with van der Waals surface area (Å²) in [6.07, 6.45) is 0.567. The number of carbonyl (C=O) groups is 1. The highest BCUT2D eigenvalue weighted by molar-refractivity contribution is 5.76. The van der Waals surface area contributed by atoms with E-state index in [0.717, 1.165) is 18.7 Å². The van der Waals surface area contributed by atoms with Crippen molar-refractivity contribution in [2.45, 2.75) is 20.3 Å². The SMILES string of the molecule is C=C(C)CN(CC)C(=O)CCNC. The van der Waals surface area contributed by atoms with Gasteiger partial charge in [0, 0.05) is 26.1 Å². The maximum absolute atomic E-state index is 11.5. The molecule has 0 atom stereocenters. The normalized spacial score (nSPS) is 9.77. The van der Waals surface area contributed by atoms with E-state index in [9.17, 15) is 4.79 Å². The predicted molar refractivity (Wildman–Crippen MR) is 55.6 cm³/mol. The first-order valence-corrected chi connectivity index (χ1v) is 4.68. The van der Waals surface area contributed by atoms with Crippen molar-refractivity contribution in [1.82, 2.24) is 10.2 Å². The van der Waals surface area contributed by atoms with E-state index >= 15 is 0 Å². The van der Waals surface area contributed by atoms with E-state index in [2.05, 4.69) is 11.9 Å². The zero-order valence-corrected chi connectivity index (χ0v) is 8.89. The van der Waals surface area contributed by atoms with Crippen LogP contribution < -0.4 is 5.32 Å². The fourth-order valence-electron chi connectivity index (χ4n) is 1.09. The molecule has 0 aromatic heterocycles. The molecule has 13 heavy (non-hydrogen) atoms. The van der Waals surface area contributed by atoms with Gasteiger partial charge in [0.1, 0.15) is 0 Å². The number of likely N-dealkylation sites (N-methyl/N-ethyl adjacent to an activating group) is 1. The van der Waals surface area contributed by atoms with E-state index < -0.39 is 0 Å². The lowest BCUT2D eigenvalue weighted by Crippen LogP contribution is -2.33. The molecule has 1 amide bonds. The smallest absolute Gasteiger partial charge is 0.224 e.